The second-order valence-electron chi connectivity index (χ2n) is 14.8. The molecular weight excluding hydrogens is 580 g/mol. The molecule has 0 radical (unpaired) electrons. The Morgan fingerprint density at radius 3 is 1.68 bits per heavy atom. The maximum absolute atomic E-state index is 10.3. The van der Waals surface area contributed by atoms with Crippen molar-refractivity contribution in [1.82, 2.24) is 0 Å². The topological polar surface area (TPSA) is 47.9 Å². The Bertz CT molecular complexity index is 617. The summed E-state index contributed by atoms with van der Waals surface area (Å²) in [4.78, 5) is 0. The molecule has 1 fully saturated rings. The molecule has 0 aromatic carbocycles. The first-order valence-electron chi connectivity index (χ1n) is 21.4. The molecule has 1 aliphatic rings. The van der Waals surface area contributed by atoms with Gasteiger partial charge in [-0.15, -0.1) is 0 Å². The average Bonchev–Trinajstić information content (AvgIpc) is 3.08. The zero-order chi connectivity index (χ0) is 33.7. The Labute approximate surface area is 295 Å². The molecule has 2 unspecified atom stereocenters. The van der Waals surface area contributed by atoms with Crippen LogP contribution in [0.1, 0.15) is 226 Å². The highest BCUT2D eigenvalue weighted by molar-refractivity contribution is 4.85. The highest BCUT2D eigenvalue weighted by Crippen LogP contribution is 2.21. The molecule has 0 bridgehead atoms. The highest BCUT2D eigenvalue weighted by Gasteiger charge is 2.19. The number of hydrogen-bond acceptors (Lipinski definition) is 4. The second-order valence-corrected chi connectivity index (χ2v) is 14.8. The minimum atomic E-state index is -0.287. The van der Waals surface area contributed by atoms with E-state index in [1.54, 1.807) is 0 Å². The molecule has 4 heteroatoms. The number of aliphatic hydroxyl groups excluding tert-OH is 1. The fraction of sp³-hybridized carbons (Fsp3) is 0.953. The number of allylic oxidation sites excluding steroid dienone is 1. The van der Waals surface area contributed by atoms with Crippen LogP contribution in [-0.4, -0.2) is 43.4 Å². The SMILES string of the molecule is CCCCCCCCCCCCCCCCCCOCC(O)CCCCCCCC/C=C\C[C@@H](CCCCCC)OC1CCCCO1. The molecule has 3 atom stereocenters. The molecule has 1 N–H and O–H groups in total. The van der Waals surface area contributed by atoms with Crippen LogP contribution in [0.4, 0.5) is 0 Å². The summed E-state index contributed by atoms with van der Waals surface area (Å²) >= 11 is 0. The van der Waals surface area contributed by atoms with Crippen LogP contribution in [0.15, 0.2) is 12.2 Å². The largest absolute Gasteiger partial charge is 0.391 e. The maximum atomic E-state index is 10.3. The highest BCUT2D eigenvalue weighted by atomic mass is 16.7. The lowest BCUT2D eigenvalue weighted by Crippen LogP contribution is -2.27. The van der Waals surface area contributed by atoms with Crippen molar-refractivity contribution in [2.45, 2.75) is 244 Å². The summed E-state index contributed by atoms with van der Waals surface area (Å²) in [5.41, 5.74) is 0. The third kappa shape index (κ3) is 32.5. The molecule has 0 aliphatic carbocycles. The van der Waals surface area contributed by atoms with Gasteiger partial charge in [-0.25, -0.2) is 0 Å². The Morgan fingerprint density at radius 2 is 1.11 bits per heavy atom. The normalized spacial score (nSPS) is 16.7. The molecule has 1 aliphatic heterocycles. The summed E-state index contributed by atoms with van der Waals surface area (Å²) in [5.74, 6) is 0. The third-order valence-corrected chi connectivity index (χ3v) is 10.0. The van der Waals surface area contributed by atoms with Crippen molar-refractivity contribution in [1.29, 1.82) is 0 Å². The second kappa shape index (κ2) is 36.9. The Hall–Kier alpha value is -0.420. The Kier molecular flexibility index (Phi) is 35.0. The Morgan fingerprint density at radius 1 is 0.596 bits per heavy atom. The fourth-order valence-electron chi connectivity index (χ4n) is 6.84. The van der Waals surface area contributed by atoms with Crippen molar-refractivity contribution < 1.29 is 19.3 Å². The van der Waals surface area contributed by atoms with Crippen molar-refractivity contribution in [2.75, 3.05) is 19.8 Å². The smallest absolute Gasteiger partial charge is 0.157 e. The molecule has 1 saturated heterocycles. The van der Waals surface area contributed by atoms with Crippen molar-refractivity contribution in [3.8, 4) is 0 Å². The van der Waals surface area contributed by atoms with E-state index in [0.717, 1.165) is 51.7 Å². The lowest BCUT2D eigenvalue weighted by Gasteiger charge is -2.27. The van der Waals surface area contributed by atoms with Gasteiger partial charge in [-0.3, -0.25) is 0 Å². The molecule has 0 amide bonds. The van der Waals surface area contributed by atoms with Gasteiger partial charge >= 0.3 is 0 Å². The van der Waals surface area contributed by atoms with E-state index in [9.17, 15) is 5.11 Å². The zero-order valence-corrected chi connectivity index (χ0v) is 32.0. The van der Waals surface area contributed by atoms with Gasteiger partial charge in [-0.2, -0.15) is 0 Å². The van der Waals surface area contributed by atoms with Gasteiger partial charge in [-0.05, 0) is 57.8 Å². The maximum Gasteiger partial charge on any atom is 0.157 e. The third-order valence-electron chi connectivity index (χ3n) is 10.0. The molecule has 0 aromatic heterocycles. The monoisotopic (exact) mass is 665 g/mol. The first-order valence-corrected chi connectivity index (χ1v) is 21.4. The summed E-state index contributed by atoms with van der Waals surface area (Å²) < 4.78 is 18.0. The number of hydrogen-bond donors (Lipinski definition) is 1. The molecule has 280 valence electrons. The van der Waals surface area contributed by atoms with Crippen LogP contribution < -0.4 is 0 Å². The number of aliphatic hydroxyl groups is 1. The molecule has 0 spiro atoms. The first kappa shape index (κ1) is 44.6. The van der Waals surface area contributed by atoms with E-state index >= 15 is 0 Å². The fourth-order valence-corrected chi connectivity index (χ4v) is 6.84. The van der Waals surface area contributed by atoms with Crippen LogP contribution in [0, 0.1) is 0 Å². The minimum absolute atomic E-state index is 0.0236. The van der Waals surface area contributed by atoms with Gasteiger partial charge in [0.2, 0.25) is 0 Å². The summed E-state index contributed by atoms with van der Waals surface area (Å²) in [6, 6.07) is 0. The molecule has 0 saturated carbocycles. The standard InChI is InChI=1S/C43H84O4/c1-3-5-7-9-10-11-12-13-14-15-16-17-21-24-27-32-38-45-40-41(44)34-28-25-22-19-18-20-23-26-30-36-42(35-29-8-6-4-2)47-43-37-31-33-39-46-43/h26,30,41-44H,3-25,27-29,31-40H2,1-2H3/b30-26-/t41?,42-,43?/m1/s1. The molecular formula is C43H84O4. The van der Waals surface area contributed by atoms with Crippen LogP contribution in [0.5, 0.6) is 0 Å². The van der Waals surface area contributed by atoms with Crippen molar-refractivity contribution in [3.63, 3.8) is 0 Å². The predicted molar refractivity (Wildman–Crippen MR) is 204 cm³/mol. The van der Waals surface area contributed by atoms with E-state index in [0.29, 0.717) is 12.7 Å². The van der Waals surface area contributed by atoms with Gasteiger partial charge in [0.1, 0.15) is 0 Å². The van der Waals surface area contributed by atoms with Gasteiger partial charge < -0.3 is 19.3 Å². The zero-order valence-electron chi connectivity index (χ0n) is 32.0. The van der Waals surface area contributed by atoms with Gasteiger partial charge in [0.05, 0.1) is 18.8 Å². The van der Waals surface area contributed by atoms with Gasteiger partial charge in [0.25, 0.3) is 0 Å². The van der Waals surface area contributed by atoms with E-state index in [4.69, 9.17) is 14.2 Å². The number of rotatable bonds is 37. The lowest BCUT2D eigenvalue weighted by atomic mass is 10.0. The molecule has 1 rings (SSSR count). The predicted octanol–water partition coefficient (Wildman–Crippen LogP) is 13.6. The summed E-state index contributed by atoms with van der Waals surface area (Å²) in [5, 5.41) is 10.3. The van der Waals surface area contributed by atoms with Crippen LogP contribution in [0.3, 0.4) is 0 Å². The van der Waals surface area contributed by atoms with Crippen LogP contribution in [0.2, 0.25) is 0 Å². The van der Waals surface area contributed by atoms with Crippen LogP contribution >= 0.6 is 0 Å². The summed E-state index contributed by atoms with van der Waals surface area (Å²) in [6.07, 6.45) is 47.5. The van der Waals surface area contributed by atoms with E-state index < -0.39 is 0 Å². The van der Waals surface area contributed by atoms with Crippen molar-refractivity contribution >= 4 is 0 Å². The van der Waals surface area contributed by atoms with Crippen LogP contribution in [0.25, 0.3) is 0 Å². The van der Waals surface area contributed by atoms with Crippen molar-refractivity contribution in [2.24, 2.45) is 0 Å². The number of unbranched alkanes of at least 4 members (excludes halogenated alkanes) is 24. The quantitative estimate of drug-likeness (QED) is 0.0530. The van der Waals surface area contributed by atoms with E-state index in [2.05, 4.69) is 26.0 Å². The Balaban J connectivity index is 1.83. The van der Waals surface area contributed by atoms with E-state index in [1.165, 1.54) is 173 Å². The lowest BCUT2D eigenvalue weighted by molar-refractivity contribution is -0.188. The first-order chi connectivity index (χ1) is 23.3. The van der Waals surface area contributed by atoms with Crippen LogP contribution in [-0.2, 0) is 14.2 Å². The average molecular weight is 665 g/mol. The van der Waals surface area contributed by atoms with Crippen molar-refractivity contribution in [3.05, 3.63) is 12.2 Å². The van der Waals surface area contributed by atoms with Gasteiger partial charge in [-0.1, -0.05) is 180 Å². The summed E-state index contributed by atoms with van der Waals surface area (Å²) in [6.45, 7) is 6.76. The minimum Gasteiger partial charge on any atom is -0.391 e. The number of ether oxygens (including phenoxy) is 3. The summed E-state index contributed by atoms with van der Waals surface area (Å²) in [7, 11) is 0. The molecule has 1 heterocycles. The van der Waals surface area contributed by atoms with E-state index in [-0.39, 0.29) is 12.4 Å². The molecule has 47 heavy (non-hydrogen) atoms. The molecule has 4 nitrogen and oxygen atoms in total. The van der Waals surface area contributed by atoms with E-state index in [1.807, 2.05) is 0 Å². The molecule has 0 aromatic rings. The van der Waals surface area contributed by atoms with Gasteiger partial charge in [0.15, 0.2) is 6.29 Å². The van der Waals surface area contributed by atoms with Gasteiger partial charge in [0, 0.05) is 13.2 Å².